The van der Waals surface area contributed by atoms with Crippen LogP contribution in [0.5, 0.6) is 11.5 Å². The molecule has 19 heavy (non-hydrogen) atoms. The van der Waals surface area contributed by atoms with Gasteiger partial charge >= 0.3 is 5.97 Å². The van der Waals surface area contributed by atoms with Crippen LogP contribution in [0.3, 0.4) is 0 Å². The molecule has 1 N–H and O–H groups in total. The lowest BCUT2D eigenvalue weighted by atomic mass is 10.2. The molecule has 0 radical (unpaired) electrons. The number of carbonyl (C=O) groups excluding carboxylic acids is 1. The number of aromatic hydroxyl groups is 1. The summed E-state index contributed by atoms with van der Waals surface area (Å²) < 4.78 is 5.12. The summed E-state index contributed by atoms with van der Waals surface area (Å²) in [5, 5.41) is 9.62. The molecule has 0 saturated heterocycles. The van der Waals surface area contributed by atoms with Crippen molar-refractivity contribution >= 4 is 12.0 Å². The van der Waals surface area contributed by atoms with Gasteiger partial charge in [-0.25, -0.2) is 4.79 Å². The lowest BCUT2D eigenvalue weighted by Gasteiger charge is -2.06. The van der Waals surface area contributed by atoms with Crippen LogP contribution < -0.4 is 4.74 Å². The predicted molar refractivity (Wildman–Crippen MR) is 74.0 cm³/mol. The second-order valence-corrected chi connectivity index (χ2v) is 4.09. The fourth-order valence-electron chi connectivity index (χ4n) is 1.63. The number of phenols is 1. The van der Waals surface area contributed by atoms with E-state index in [0.717, 1.165) is 5.56 Å². The zero-order valence-electron chi connectivity index (χ0n) is 10.5. The molecule has 2 aromatic rings. The largest absolute Gasteiger partial charge is 0.504 e. The van der Waals surface area contributed by atoms with Gasteiger partial charge in [-0.15, -0.1) is 0 Å². The molecule has 0 bridgehead atoms. The number of rotatable bonds is 3. The van der Waals surface area contributed by atoms with Gasteiger partial charge in [-0.3, -0.25) is 0 Å². The molecule has 0 saturated carbocycles. The second-order valence-electron chi connectivity index (χ2n) is 4.09. The minimum atomic E-state index is -0.520. The van der Waals surface area contributed by atoms with Crippen molar-refractivity contribution in [1.82, 2.24) is 0 Å². The summed E-state index contributed by atoms with van der Waals surface area (Å²) in [6.45, 7) is 1.77. The van der Waals surface area contributed by atoms with Gasteiger partial charge in [0.1, 0.15) is 0 Å². The van der Waals surface area contributed by atoms with Crippen LogP contribution in [0, 0.1) is 6.92 Å². The Labute approximate surface area is 111 Å². The summed E-state index contributed by atoms with van der Waals surface area (Å²) in [4.78, 5) is 11.7. The molecule has 0 aliphatic heterocycles. The fraction of sp³-hybridized carbons (Fsp3) is 0.0625. The zero-order chi connectivity index (χ0) is 13.7. The van der Waals surface area contributed by atoms with E-state index in [1.165, 1.54) is 12.1 Å². The molecule has 0 aromatic heterocycles. The number of carbonyl (C=O) groups is 1. The normalized spacial score (nSPS) is 10.6. The van der Waals surface area contributed by atoms with Gasteiger partial charge in [-0.2, -0.15) is 0 Å². The SMILES string of the molecule is Cc1cccc(O)c1OC(=O)/C=C/c1ccccc1. The summed E-state index contributed by atoms with van der Waals surface area (Å²) in [5.74, 6) is -0.361. The Kier molecular flexibility index (Phi) is 3.98. The van der Waals surface area contributed by atoms with Gasteiger partial charge in [-0.1, -0.05) is 42.5 Å². The van der Waals surface area contributed by atoms with E-state index in [9.17, 15) is 9.90 Å². The van der Waals surface area contributed by atoms with Gasteiger partial charge in [0.25, 0.3) is 0 Å². The number of benzene rings is 2. The maximum Gasteiger partial charge on any atom is 0.336 e. The van der Waals surface area contributed by atoms with E-state index in [1.54, 1.807) is 25.1 Å². The quantitative estimate of drug-likeness (QED) is 0.519. The first kappa shape index (κ1) is 12.9. The average Bonchev–Trinajstić information content (AvgIpc) is 2.42. The van der Waals surface area contributed by atoms with E-state index >= 15 is 0 Å². The molecule has 0 unspecified atom stereocenters. The third-order valence-corrected chi connectivity index (χ3v) is 2.61. The third-order valence-electron chi connectivity index (χ3n) is 2.61. The fourth-order valence-corrected chi connectivity index (χ4v) is 1.63. The zero-order valence-corrected chi connectivity index (χ0v) is 10.5. The lowest BCUT2D eigenvalue weighted by Crippen LogP contribution is -2.05. The van der Waals surface area contributed by atoms with Crippen molar-refractivity contribution in [3.05, 3.63) is 65.7 Å². The molecule has 0 heterocycles. The Morgan fingerprint density at radius 1 is 1.11 bits per heavy atom. The van der Waals surface area contributed by atoms with E-state index in [2.05, 4.69) is 0 Å². The number of para-hydroxylation sites is 1. The smallest absolute Gasteiger partial charge is 0.336 e. The van der Waals surface area contributed by atoms with Gasteiger partial charge in [-0.05, 0) is 30.2 Å². The van der Waals surface area contributed by atoms with E-state index < -0.39 is 5.97 Å². The highest BCUT2D eigenvalue weighted by Crippen LogP contribution is 2.29. The number of phenolic OH excluding ortho intramolecular Hbond substituents is 1. The first-order valence-electron chi connectivity index (χ1n) is 5.90. The molecular formula is C16H14O3. The van der Waals surface area contributed by atoms with Crippen LogP contribution in [0.4, 0.5) is 0 Å². The third kappa shape index (κ3) is 3.45. The predicted octanol–water partition coefficient (Wildman–Crippen LogP) is 3.32. The Bertz CT molecular complexity index is 580. The van der Waals surface area contributed by atoms with Gasteiger partial charge < -0.3 is 9.84 Å². The molecule has 96 valence electrons. The van der Waals surface area contributed by atoms with Crippen molar-refractivity contribution < 1.29 is 14.6 Å². The Hall–Kier alpha value is -2.55. The highest BCUT2D eigenvalue weighted by Gasteiger charge is 2.08. The van der Waals surface area contributed by atoms with Gasteiger partial charge in [0.05, 0.1) is 0 Å². The van der Waals surface area contributed by atoms with E-state index in [1.807, 2.05) is 30.3 Å². The summed E-state index contributed by atoms with van der Waals surface area (Å²) in [7, 11) is 0. The Morgan fingerprint density at radius 3 is 2.53 bits per heavy atom. The topological polar surface area (TPSA) is 46.5 Å². The molecule has 3 nitrogen and oxygen atoms in total. The maximum absolute atomic E-state index is 11.7. The number of aryl methyl sites for hydroxylation is 1. The molecule has 3 heteroatoms. The van der Waals surface area contributed by atoms with Crippen molar-refractivity contribution in [3.8, 4) is 11.5 Å². The van der Waals surface area contributed by atoms with E-state index in [0.29, 0.717) is 5.56 Å². The number of ether oxygens (including phenoxy) is 1. The first-order chi connectivity index (χ1) is 9.16. The molecule has 0 aliphatic rings. The number of esters is 1. The highest BCUT2D eigenvalue weighted by molar-refractivity contribution is 5.89. The molecular weight excluding hydrogens is 240 g/mol. The minimum absolute atomic E-state index is 0.0403. The number of hydrogen-bond acceptors (Lipinski definition) is 3. The molecule has 0 atom stereocenters. The van der Waals surface area contributed by atoms with Crippen molar-refractivity contribution in [2.75, 3.05) is 0 Å². The summed E-state index contributed by atoms with van der Waals surface area (Å²) >= 11 is 0. The van der Waals surface area contributed by atoms with Crippen molar-refractivity contribution in [3.63, 3.8) is 0 Å². The van der Waals surface area contributed by atoms with E-state index in [-0.39, 0.29) is 11.5 Å². The van der Waals surface area contributed by atoms with Crippen molar-refractivity contribution in [2.45, 2.75) is 6.92 Å². The van der Waals surface area contributed by atoms with Gasteiger partial charge in [0, 0.05) is 6.08 Å². The van der Waals surface area contributed by atoms with Crippen molar-refractivity contribution in [1.29, 1.82) is 0 Å². The number of hydrogen-bond donors (Lipinski definition) is 1. The standard InChI is InChI=1S/C16H14O3/c1-12-6-5-9-14(17)16(12)19-15(18)11-10-13-7-3-2-4-8-13/h2-11,17H,1H3/b11-10+. The Balaban J connectivity index is 2.08. The van der Waals surface area contributed by atoms with E-state index in [4.69, 9.17) is 4.74 Å². The monoisotopic (exact) mass is 254 g/mol. The molecule has 0 amide bonds. The van der Waals surface area contributed by atoms with Gasteiger partial charge in [0.15, 0.2) is 11.5 Å². The van der Waals surface area contributed by atoms with Gasteiger partial charge in [0.2, 0.25) is 0 Å². The maximum atomic E-state index is 11.7. The molecule has 2 rings (SSSR count). The van der Waals surface area contributed by atoms with Crippen LogP contribution in [0.2, 0.25) is 0 Å². The molecule has 0 fully saturated rings. The van der Waals surface area contributed by atoms with Crippen molar-refractivity contribution in [2.24, 2.45) is 0 Å². The summed E-state index contributed by atoms with van der Waals surface area (Å²) in [5.41, 5.74) is 1.62. The lowest BCUT2D eigenvalue weighted by molar-refractivity contribution is -0.129. The first-order valence-corrected chi connectivity index (χ1v) is 5.90. The Morgan fingerprint density at radius 2 is 1.84 bits per heavy atom. The summed E-state index contributed by atoms with van der Waals surface area (Å²) in [6, 6.07) is 14.4. The average molecular weight is 254 g/mol. The van der Waals surface area contributed by atoms with Crippen LogP contribution in [0.25, 0.3) is 6.08 Å². The summed E-state index contributed by atoms with van der Waals surface area (Å²) in [6.07, 6.45) is 3.00. The van der Waals surface area contributed by atoms with Crippen LogP contribution in [0.1, 0.15) is 11.1 Å². The van der Waals surface area contributed by atoms with Crippen LogP contribution in [-0.4, -0.2) is 11.1 Å². The highest BCUT2D eigenvalue weighted by atomic mass is 16.5. The van der Waals surface area contributed by atoms with Crippen LogP contribution >= 0.6 is 0 Å². The second kappa shape index (κ2) is 5.87. The minimum Gasteiger partial charge on any atom is -0.504 e. The van der Waals surface area contributed by atoms with Crippen LogP contribution in [-0.2, 0) is 4.79 Å². The molecule has 0 aliphatic carbocycles. The molecule has 0 spiro atoms. The van der Waals surface area contributed by atoms with Crippen LogP contribution in [0.15, 0.2) is 54.6 Å². The molecule has 2 aromatic carbocycles.